The van der Waals surface area contributed by atoms with Crippen LogP contribution < -0.4 is 4.74 Å². The van der Waals surface area contributed by atoms with Crippen molar-refractivity contribution in [3.63, 3.8) is 0 Å². The van der Waals surface area contributed by atoms with E-state index in [2.05, 4.69) is 24.2 Å². The van der Waals surface area contributed by atoms with Crippen molar-refractivity contribution in [3.8, 4) is 5.75 Å². The standard InChI is InChI=1S/C18H24N2O2/c1-12-13(2)19-20(14(12)3)10-17(21)11-22-18-8-7-15-5-4-6-16(15)9-18/h7-9,17,21H,4-6,10-11H2,1-3H3/t17-/m1/s1. The third kappa shape index (κ3) is 3.02. The Morgan fingerprint density at radius 2 is 2.00 bits per heavy atom. The van der Waals surface area contributed by atoms with Gasteiger partial charge in [0.15, 0.2) is 0 Å². The van der Waals surface area contributed by atoms with Crippen LogP contribution in [0.15, 0.2) is 18.2 Å². The maximum absolute atomic E-state index is 10.2. The van der Waals surface area contributed by atoms with E-state index in [4.69, 9.17) is 4.74 Å². The molecule has 0 radical (unpaired) electrons. The number of hydrogen-bond acceptors (Lipinski definition) is 3. The van der Waals surface area contributed by atoms with Crippen LogP contribution in [0.3, 0.4) is 0 Å². The van der Waals surface area contributed by atoms with Crippen molar-refractivity contribution < 1.29 is 9.84 Å². The van der Waals surface area contributed by atoms with Gasteiger partial charge >= 0.3 is 0 Å². The molecule has 0 saturated heterocycles. The first-order valence-electron chi connectivity index (χ1n) is 7.98. The van der Waals surface area contributed by atoms with Crippen molar-refractivity contribution in [1.82, 2.24) is 9.78 Å². The summed E-state index contributed by atoms with van der Waals surface area (Å²) in [5.74, 6) is 0.851. The van der Waals surface area contributed by atoms with Gasteiger partial charge in [0.05, 0.1) is 12.2 Å². The molecule has 3 rings (SSSR count). The smallest absolute Gasteiger partial charge is 0.119 e. The second-order valence-corrected chi connectivity index (χ2v) is 6.23. The third-order valence-electron chi connectivity index (χ3n) is 4.64. The monoisotopic (exact) mass is 300 g/mol. The molecule has 0 unspecified atom stereocenters. The molecule has 0 spiro atoms. The predicted molar refractivity (Wildman–Crippen MR) is 86.4 cm³/mol. The van der Waals surface area contributed by atoms with Crippen molar-refractivity contribution in [2.75, 3.05) is 6.61 Å². The number of rotatable bonds is 5. The van der Waals surface area contributed by atoms with E-state index in [-0.39, 0.29) is 6.61 Å². The summed E-state index contributed by atoms with van der Waals surface area (Å²) in [6.07, 6.45) is 2.99. The minimum Gasteiger partial charge on any atom is -0.491 e. The summed E-state index contributed by atoms with van der Waals surface area (Å²) in [6, 6.07) is 6.27. The number of fused-ring (bicyclic) bond motifs is 1. The topological polar surface area (TPSA) is 47.3 Å². The van der Waals surface area contributed by atoms with Crippen LogP contribution in [-0.4, -0.2) is 27.6 Å². The summed E-state index contributed by atoms with van der Waals surface area (Å²) in [5.41, 5.74) is 6.14. The number of hydrogen-bond donors (Lipinski definition) is 1. The van der Waals surface area contributed by atoms with E-state index in [1.807, 2.05) is 24.6 Å². The molecule has 2 aromatic rings. The van der Waals surface area contributed by atoms with Gasteiger partial charge in [-0.1, -0.05) is 6.07 Å². The van der Waals surface area contributed by atoms with E-state index in [1.54, 1.807) is 0 Å². The Balaban J connectivity index is 1.58. The Labute approximate surface area is 131 Å². The summed E-state index contributed by atoms with van der Waals surface area (Å²) in [7, 11) is 0. The molecule has 4 nitrogen and oxygen atoms in total. The molecule has 0 saturated carbocycles. The highest BCUT2D eigenvalue weighted by Gasteiger charge is 2.14. The lowest BCUT2D eigenvalue weighted by Crippen LogP contribution is -2.24. The first-order chi connectivity index (χ1) is 10.5. The fraction of sp³-hybridized carbons (Fsp3) is 0.500. The molecular weight excluding hydrogens is 276 g/mol. The molecule has 0 amide bonds. The van der Waals surface area contributed by atoms with Crippen molar-refractivity contribution in [2.24, 2.45) is 0 Å². The number of aryl methyl sites for hydroxylation is 3. The molecule has 0 aliphatic heterocycles. The Kier molecular flexibility index (Phi) is 4.21. The molecule has 0 fully saturated rings. The van der Waals surface area contributed by atoms with Crippen LogP contribution in [0, 0.1) is 20.8 Å². The van der Waals surface area contributed by atoms with E-state index in [9.17, 15) is 5.11 Å². The van der Waals surface area contributed by atoms with Gasteiger partial charge in [0.1, 0.15) is 18.5 Å². The molecule has 1 heterocycles. The number of aliphatic hydroxyl groups excluding tert-OH is 1. The molecule has 1 aromatic heterocycles. The molecule has 1 N–H and O–H groups in total. The maximum Gasteiger partial charge on any atom is 0.119 e. The molecule has 1 aliphatic rings. The van der Waals surface area contributed by atoms with E-state index < -0.39 is 6.10 Å². The SMILES string of the molecule is Cc1nn(C[C@@H](O)COc2ccc3c(c2)CCC3)c(C)c1C. The lowest BCUT2D eigenvalue weighted by Gasteiger charge is -2.14. The van der Waals surface area contributed by atoms with Crippen LogP contribution in [0.5, 0.6) is 5.75 Å². The molecule has 118 valence electrons. The van der Waals surface area contributed by atoms with Gasteiger partial charge < -0.3 is 9.84 Å². The Bertz CT molecular complexity index is 676. The number of aliphatic hydroxyl groups is 1. The minimum absolute atomic E-state index is 0.288. The van der Waals surface area contributed by atoms with Crippen LogP contribution in [-0.2, 0) is 19.4 Å². The van der Waals surface area contributed by atoms with Gasteiger partial charge in [-0.25, -0.2) is 0 Å². The zero-order chi connectivity index (χ0) is 15.7. The maximum atomic E-state index is 10.2. The van der Waals surface area contributed by atoms with Crippen LogP contribution >= 0.6 is 0 Å². The normalized spacial score (nSPS) is 14.9. The molecule has 1 aromatic carbocycles. The molecular formula is C18H24N2O2. The summed E-state index contributed by atoms with van der Waals surface area (Å²) >= 11 is 0. The summed E-state index contributed by atoms with van der Waals surface area (Å²) < 4.78 is 7.61. The molecule has 0 bridgehead atoms. The molecule has 1 atom stereocenters. The number of aromatic nitrogens is 2. The van der Waals surface area contributed by atoms with Crippen molar-refractivity contribution in [2.45, 2.75) is 52.7 Å². The van der Waals surface area contributed by atoms with Gasteiger partial charge in [-0.2, -0.15) is 5.10 Å². The van der Waals surface area contributed by atoms with Gasteiger partial charge in [0, 0.05) is 5.69 Å². The second kappa shape index (κ2) is 6.13. The minimum atomic E-state index is -0.564. The lowest BCUT2D eigenvalue weighted by atomic mass is 10.1. The highest BCUT2D eigenvalue weighted by Crippen LogP contribution is 2.26. The van der Waals surface area contributed by atoms with Crippen LogP contribution in [0.1, 0.15) is 34.5 Å². The largest absolute Gasteiger partial charge is 0.491 e. The average molecular weight is 300 g/mol. The third-order valence-corrected chi connectivity index (χ3v) is 4.64. The van der Waals surface area contributed by atoms with Gasteiger partial charge in [-0.15, -0.1) is 0 Å². The zero-order valence-electron chi connectivity index (χ0n) is 13.6. The van der Waals surface area contributed by atoms with E-state index in [0.29, 0.717) is 6.54 Å². The van der Waals surface area contributed by atoms with E-state index >= 15 is 0 Å². The van der Waals surface area contributed by atoms with Gasteiger partial charge in [-0.3, -0.25) is 4.68 Å². The van der Waals surface area contributed by atoms with Gasteiger partial charge in [0.2, 0.25) is 0 Å². The Morgan fingerprint density at radius 3 is 2.73 bits per heavy atom. The Morgan fingerprint density at radius 1 is 1.23 bits per heavy atom. The number of benzene rings is 1. The quantitative estimate of drug-likeness (QED) is 0.923. The summed E-state index contributed by atoms with van der Waals surface area (Å²) in [6.45, 7) is 6.83. The lowest BCUT2D eigenvalue weighted by molar-refractivity contribution is 0.0886. The van der Waals surface area contributed by atoms with Crippen LogP contribution in [0.2, 0.25) is 0 Å². The van der Waals surface area contributed by atoms with Crippen molar-refractivity contribution >= 4 is 0 Å². The van der Waals surface area contributed by atoms with E-state index in [0.717, 1.165) is 23.6 Å². The van der Waals surface area contributed by atoms with E-state index in [1.165, 1.54) is 29.5 Å². The zero-order valence-corrected chi connectivity index (χ0v) is 13.6. The first kappa shape index (κ1) is 15.1. The first-order valence-corrected chi connectivity index (χ1v) is 7.98. The van der Waals surface area contributed by atoms with Crippen molar-refractivity contribution in [1.29, 1.82) is 0 Å². The molecule has 4 heteroatoms. The van der Waals surface area contributed by atoms with Gasteiger partial charge in [-0.05, 0) is 68.9 Å². The van der Waals surface area contributed by atoms with Crippen LogP contribution in [0.25, 0.3) is 0 Å². The highest BCUT2D eigenvalue weighted by atomic mass is 16.5. The van der Waals surface area contributed by atoms with Crippen molar-refractivity contribution in [3.05, 3.63) is 46.3 Å². The van der Waals surface area contributed by atoms with Crippen LogP contribution in [0.4, 0.5) is 0 Å². The fourth-order valence-electron chi connectivity index (χ4n) is 3.05. The molecule has 22 heavy (non-hydrogen) atoms. The highest BCUT2D eigenvalue weighted by molar-refractivity contribution is 5.38. The second-order valence-electron chi connectivity index (χ2n) is 6.23. The number of nitrogens with zero attached hydrogens (tertiary/aromatic N) is 2. The predicted octanol–water partition coefficient (Wildman–Crippen LogP) is 2.74. The number of ether oxygens (including phenoxy) is 1. The summed E-state index contributed by atoms with van der Waals surface area (Å²) in [4.78, 5) is 0. The summed E-state index contributed by atoms with van der Waals surface area (Å²) in [5, 5.41) is 14.6. The average Bonchev–Trinajstić information content (AvgIpc) is 3.06. The van der Waals surface area contributed by atoms with Gasteiger partial charge in [0.25, 0.3) is 0 Å². The Hall–Kier alpha value is -1.81. The molecule has 1 aliphatic carbocycles. The fourth-order valence-corrected chi connectivity index (χ4v) is 3.05.